The number of imide groups is 1. The molecule has 0 unspecified atom stereocenters. The molecule has 1 atom stereocenters. The van der Waals surface area contributed by atoms with Gasteiger partial charge in [0.2, 0.25) is 5.91 Å². The highest BCUT2D eigenvalue weighted by atomic mass is 16.2. The van der Waals surface area contributed by atoms with Crippen LogP contribution in [-0.4, -0.2) is 40.0 Å². The number of carbonyl (C=O) groups is 3. The Morgan fingerprint density at radius 3 is 2.80 bits per heavy atom. The third-order valence-corrected chi connectivity index (χ3v) is 5.16. The van der Waals surface area contributed by atoms with Gasteiger partial charge < -0.3 is 15.2 Å². The summed E-state index contributed by atoms with van der Waals surface area (Å²) in [4.78, 5) is 42.6. The first-order valence-corrected chi connectivity index (χ1v) is 9.98. The SMILES string of the molecule is O=C(CC[C@@H]1NC(=O)N(c2cccc3ccccc23)C1=O)NCCCn1ccnc1. The molecular formula is C22H23N5O3. The number of amides is 4. The third-order valence-electron chi connectivity index (χ3n) is 5.16. The lowest BCUT2D eigenvalue weighted by Crippen LogP contribution is -2.33. The van der Waals surface area contributed by atoms with Crippen molar-refractivity contribution in [2.24, 2.45) is 0 Å². The van der Waals surface area contributed by atoms with Gasteiger partial charge in [-0.1, -0.05) is 36.4 Å². The Balaban J connectivity index is 1.31. The van der Waals surface area contributed by atoms with Crippen LogP contribution >= 0.6 is 0 Å². The second-order valence-electron chi connectivity index (χ2n) is 7.22. The van der Waals surface area contributed by atoms with Crippen LogP contribution in [0.15, 0.2) is 61.2 Å². The van der Waals surface area contributed by atoms with Crippen LogP contribution in [0.25, 0.3) is 10.8 Å². The minimum atomic E-state index is -0.701. The predicted molar refractivity (Wildman–Crippen MR) is 113 cm³/mol. The molecule has 4 rings (SSSR count). The molecule has 2 aromatic carbocycles. The minimum absolute atomic E-state index is 0.133. The summed E-state index contributed by atoms with van der Waals surface area (Å²) in [7, 11) is 0. The zero-order valence-electron chi connectivity index (χ0n) is 16.5. The summed E-state index contributed by atoms with van der Waals surface area (Å²) < 4.78 is 1.95. The number of carbonyl (C=O) groups excluding carboxylic acids is 3. The zero-order valence-corrected chi connectivity index (χ0v) is 16.5. The van der Waals surface area contributed by atoms with Crippen LogP contribution in [0.2, 0.25) is 0 Å². The van der Waals surface area contributed by atoms with Gasteiger partial charge in [-0.05, 0) is 24.3 Å². The van der Waals surface area contributed by atoms with E-state index in [1.807, 2.05) is 47.2 Å². The number of hydrogen-bond donors (Lipinski definition) is 2. The topological polar surface area (TPSA) is 96.3 Å². The smallest absolute Gasteiger partial charge is 0.329 e. The number of aryl methyl sites for hydroxylation is 1. The molecule has 2 heterocycles. The maximum atomic E-state index is 12.9. The minimum Gasteiger partial charge on any atom is -0.356 e. The second kappa shape index (κ2) is 8.77. The van der Waals surface area contributed by atoms with Gasteiger partial charge in [0.1, 0.15) is 6.04 Å². The maximum Gasteiger partial charge on any atom is 0.329 e. The van der Waals surface area contributed by atoms with Crippen molar-refractivity contribution in [2.45, 2.75) is 31.8 Å². The molecule has 1 aromatic heterocycles. The molecule has 154 valence electrons. The van der Waals surface area contributed by atoms with E-state index in [0.29, 0.717) is 12.2 Å². The molecule has 30 heavy (non-hydrogen) atoms. The van der Waals surface area contributed by atoms with E-state index in [-0.39, 0.29) is 24.7 Å². The average Bonchev–Trinajstić information content (AvgIpc) is 3.37. The Kier molecular flexibility index (Phi) is 5.74. The molecule has 0 spiro atoms. The van der Waals surface area contributed by atoms with Crippen LogP contribution < -0.4 is 15.5 Å². The number of benzene rings is 2. The molecule has 1 saturated heterocycles. The monoisotopic (exact) mass is 405 g/mol. The average molecular weight is 405 g/mol. The number of urea groups is 1. The molecule has 8 nitrogen and oxygen atoms in total. The van der Waals surface area contributed by atoms with Crippen molar-refractivity contribution < 1.29 is 14.4 Å². The zero-order chi connectivity index (χ0) is 20.9. The van der Waals surface area contributed by atoms with E-state index in [2.05, 4.69) is 15.6 Å². The number of nitrogens with one attached hydrogen (secondary N) is 2. The first-order valence-electron chi connectivity index (χ1n) is 9.98. The van der Waals surface area contributed by atoms with E-state index >= 15 is 0 Å². The van der Waals surface area contributed by atoms with Gasteiger partial charge >= 0.3 is 6.03 Å². The number of rotatable bonds is 8. The lowest BCUT2D eigenvalue weighted by Gasteiger charge is -2.15. The summed E-state index contributed by atoms with van der Waals surface area (Å²) in [6, 6.07) is 12.0. The lowest BCUT2D eigenvalue weighted by atomic mass is 10.1. The van der Waals surface area contributed by atoms with Gasteiger partial charge in [-0.25, -0.2) is 14.7 Å². The van der Waals surface area contributed by atoms with Crippen LogP contribution in [0, 0.1) is 0 Å². The van der Waals surface area contributed by atoms with Crippen molar-refractivity contribution >= 4 is 34.3 Å². The fourth-order valence-corrected chi connectivity index (χ4v) is 3.63. The van der Waals surface area contributed by atoms with Gasteiger partial charge in [-0.2, -0.15) is 0 Å². The highest BCUT2D eigenvalue weighted by molar-refractivity contribution is 6.24. The Morgan fingerprint density at radius 2 is 1.97 bits per heavy atom. The van der Waals surface area contributed by atoms with Gasteiger partial charge in [0.05, 0.1) is 12.0 Å². The fourth-order valence-electron chi connectivity index (χ4n) is 3.63. The van der Waals surface area contributed by atoms with Gasteiger partial charge in [0.15, 0.2) is 0 Å². The largest absolute Gasteiger partial charge is 0.356 e. The summed E-state index contributed by atoms with van der Waals surface area (Å²) in [5.74, 6) is -0.462. The third kappa shape index (κ3) is 4.17. The highest BCUT2D eigenvalue weighted by Gasteiger charge is 2.39. The molecule has 0 bridgehead atoms. The molecule has 1 aliphatic rings. The molecule has 3 aromatic rings. The fraction of sp³-hybridized carbons (Fsp3) is 0.273. The van der Waals surface area contributed by atoms with Crippen molar-refractivity contribution in [1.29, 1.82) is 0 Å². The van der Waals surface area contributed by atoms with E-state index in [4.69, 9.17) is 0 Å². The maximum absolute atomic E-state index is 12.9. The van der Waals surface area contributed by atoms with Gasteiger partial charge in [0, 0.05) is 37.3 Å². The summed E-state index contributed by atoms with van der Waals surface area (Å²) in [6.07, 6.45) is 6.54. The van der Waals surface area contributed by atoms with Crippen molar-refractivity contribution in [3.05, 3.63) is 61.2 Å². The van der Waals surface area contributed by atoms with E-state index in [9.17, 15) is 14.4 Å². The number of hydrogen-bond acceptors (Lipinski definition) is 4. The first kappa shape index (κ1) is 19.6. The molecule has 8 heteroatoms. The van der Waals surface area contributed by atoms with Crippen molar-refractivity contribution in [3.8, 4) is 0 Å². The van der Waals surface area contributed by atoms with Crippen LogP contribution in [-0.2, 0) is 16.1 Å². The number of fused-ring (bicyclic) bond motifs is 1. The van der Waals surface area contributed by atoms with Crippen molar-refractivity contribution in [2.75, 3.05) is 11.4 Å². The molecule has 2 N–H and O–H groups in total. The first-order chi connectivity index (χ1) is 14.6. The Morgan fingerprint density at radius 1 is 1.13 bits per heavy atom. The summed E-state index contributed by atoms with van der Waals surface area (Å²) in [6.45, 7) is 1.32. The van der Waals surface area contributed by atoms with Crippen LogP contribution in [0.1, 0.15) is 19.3 Å². The van der Waals surface area contributed by atoms with E-state index in [0.717, 1.165) is 23.7 Å². The number of imidazole rings is 1. The summed E-state index contributed by atoms with van der Waals surface area (Å²) in [5.41, 5.74) is 0.557. The number of nitrogens with zero attached hydrogens (tertiary/aromatic N) is 3. The van der Waals surface area contributed by atoms with E-state index in [1.165, 1.54) is 4.90 Å². The van der Waals surface area contributed by atoms with E-state index < -0.39 is 12.1 Å². The van der Waals surface area contributed by atoms with Crippen LogP contribution in [0.4, 0.5) is 10.5 Å². The van der Waals surface area contributed by atoms with Crippen LogP contribution in [0.3, 0.4) is 0 Å². The second-order valence-corrected chi connectivity index (χ2v) is 7.22. The van der Waals surface area contributed by atoms with Crippen LogP contribution in [0.5, 0.6) is 0 Å². The summed E-state index contributed by atoms with van der Waals surface area (Å²) >= 11 is 0. The highest BCUT2D eigenvalue weighted by Crippen LogP contribution is 2.29. The molecule has 1 aliphatic heterocycles. The quantitative estimate of drug-likeness (QED) is 0.444. The molecule has 0 radical (unpaired) electrons. The predicted octanol–water partition coefficient (Wildman–Crippen LogP) is 2.45. The Labute approximate surface area is 173 Å². The number of anilines is 1. The van der Waals surface area contributed by atoms with Gasteiger partial charge in [-0.15, -0.1) is 0 Å². The molecule has 0 aliphatic carbocycles. The Hall–Kier alpha value is -3.68. The molecular weight excluding hydrogens is 382 g/mol. The Bertz CT molecular complexity index is 1060. The molecule has 0 saturated carbocycles. The van der Waals surface area contributed by atoms with Gasteiger partial charge in [-0.3, -0.25) is 9.59 Å². The normalized spacial score (nSPS) is 16.1. The van der Waals surface area contributed by atoms with Crippen molar-refractivity contribution in [1.82, 2.24) is 20.2 Å². The van der Waals surface area contributed by atoms with Crippen molar-refractivity contribution in [3.63, 3.8) is 0 Å². The number of aromatic nitrogens is 2. The molecule has 4 amide bonds. The van der Waals surface area contributed by atoms with E-state index in [1.54, 1.807) is 18.6 Å². The lowest BCUT2D eigenvalue weighted by molar-refractivity contribution is -0.121. The summed E-state index contributed by atoms with van der Waals surface area (Å²) in [5, 5.41) is 7.34. The van der Waals surface area contributed by atoms with Gasteiger partial charge in [0.25, 0.3) is 5.91 Å². The standard InChI is InChI=1S/C22H23N5O3/c28-20(24-11-4-13-26-14-12-23-15-26)10-9-18-21(29)27(22(30)25-18)19-8-3-6-16-5-1-2-7-17(16)19/h1-3,5-8,12,14-15,18H,4,9-11,13H2,(H,24,28)(H,25,30)/t18-/m0/s1. The molecule has 1 fully saturated rings.